The highest BCUT2D eigenvalue weighted by molar-refractivity contribution is 5.68. The highest BCUT2D eigenvalue weighted by Gasteiger charge is 2.28. The molecule has 1 aliphatic rings. The number of piperidine rings is 1. The molecule has 0 spiro atoms. The molecule has 1 aromatic rings. The van der Waals surface area contributed by atoms with Gasteiger partial charge >= 0.3 is 11.8 Å². The summed E-state index contributed by atoms with van der Waals surface area (Å²) in [6.45, 7) is 6.56. The number of nitrogens with one attached hydrogen (secondary N) is 1. The topological polar surface area (TPSA) is 97.6 Å². The number of carbonyl (C=O) groups excluding carboxylic acids is 1. The van der Waals surface area contributed by atoms with Crippen LogP contribution in [0.2, 0.25) is 0 Å². The monoisotopic (exact) mass is 322 g/mol. The molecule has 23 heavy (non-hydrogen) atoms. The van der Waals surface area contributed by atoms with Crippen LogP contribution in [-0.4, -0.2) is 45.6 Å². The largest absolute Gasteiger partial charge is 0.444 e. The van der Waals surface area contributed by atoms with Crippen molar-refractivity contribution >= 4 is 17.5 Å². The average Bonchev–Trinajstić information content (AvgIpc) is 2.46. The van der Waals surface area contributed by atoms with Gasteiger partial charge in [-0.15, -0.1) is 0 Å². The molecule has 1 saturated heterocycles. The van der Waals surface area contributed by atoms with Gasteiger partial charge in [0.05, 0.1) is 4.92 Å². The maximum absolute atomic E-state index is 12.1. The molecular formula is C15H22N4O4. The summed E-state index contributed by atoms with van der Waals surface area (Å²) in [6.07, 6.45) is 4.02. The Hall–Kier alpha value is -2.38. The van der Waals surface area contributed by atoms with Crippen molar-refractivity contribution in [1.29, 1.82) is 0 Å². The third-order valence-electron chi connectivity index (χ3n) is 3.43. The van der Waals surface area contributed by atoms with Gasteiger partial charge in [0.25, 0.3) is 0 Å². The number of hydrogen-bond donors (Lipinski definition) is 1. The first-order valence-corrected chi connectivity index (χ1v) is 7.59. The number of rotatable bonds is 3. The SMILES string of the molecule is CC(C)(C)OC(=O)N1CCC[C@@H](Nc2ccncc2[N+](=O)[O-])C1. The first kappa shape index (κ1) is 17.0. The van der Waals surface area contributed by atoms with E-state index in [1.165, 1.54) is 12.4 Å². The van der Waals surface area contributed by atoms with Crippen LogP contribution in [0.15, 0.2) is 18.5 Å². The van der Waals surface area contributed by atoms with Crippen molar-refractivity contribution in [3.05, 3.63) is 28.6 Å². The van der Waals surface area contributed by atoms with E-state index >= 15 is 0 Å². The second-order valence-electron chi connectivity index (χ2n) is 6.56. The minimum Gasteiger partial charge on any atom is -0.444 e. The van der Waals surface area contributed by atoms with E-state index in [0.29, 0.717) is 18.8 Å². The van der Waals surface area contributed by atoms with Crippen LogP contribution in [0.4, 0.5) is 16.2 Å². The summed E-state index contributed by atoms with van der Waals surface area (Å²) in [5, 5.41) is 14.2. The van der Waals surface area contributed by atoms with E-state index < -0.39 is 10.5 Å². The second kappa shape index (κ2) is 6.80. The molecule has 0 aromatic carbocycles. The number of amides is 1. The standard InChI is InChI=1S/C15H22N4O4/c1-15(2,3)23-14(20)18-8-4-5-11(10-18)17-12-6-7-16-9-13(12)19(21)22/h6-7,9,11H,4-5,8,10H2,1-3H3,(H,16,17)/t11-/m1/s1. The third kappa shape index (κ3) is 4.80. The van der Waals surface area contributed by atoms with Gasteiger partial charge in [-0.25, -0.2) is 4.79 Å². The molecule has 8 heteroatoms. The fourth-order valence-electron chi connectivity index (χ4n) is 2.46. The number of ether oxygens (including phenoxy) is 1. The Kier molecular flexibility index (Phi) is 5.02. The molecule has 0 radical (unpaired) electrons. The molecule has 1 N–H and O–H groups in total. The molecule has 2 heterocycles. The lowest BCUT2D eigenvalue weighted by atomic mass is 10.1. The predicted molar refractivity (Wildman–Crippen MR) is 85.3 cm³/mol. The van der Waals surface area contributed by atoms with Crippen LogP contribution in [0.5, 0.6) is 0 Å². The van der Waals surface area contributed by atoms with Crippen molar-refractivity contribution in [3.63, 3.8) is 0 Å². The summed E-state index contributed by atoms with van der Waals surface area (Å²) in [5.41, 5.74) is -0.190. The van der Waals surface area contributed by atoms with Gasteiger partial charge in [-0.2, -0.15) is 0 Å². The average molecular weight is 322 g/mol. The Morgan fingerprint density at radius 2 is 2.26 bits per heavy atom. The molecule has 1 amide bonds. The fourth-order valence-corrected chi connectivity index (χ4v) is 2.46. The quantitative estimate of drug-likeness (QED) is 0.679. The molecular weight excluding hydrogens is 300 g/mol. The zero-order valence-corrected chi connectivity index (χ0v) is 13.6. The highest BCUT2D eigenvalue weighted by atomic mass is 16.6. The Balaban J connectivity index is 2.02. The van der Waals surface area contributed by atoms with Gasteiger partial charge in [-0.3, -0.25) is 15.1 Å². The van der Waals surface area contributed by atoms with E-state index in [1.54, 1.807) is 11.0 Å². The van der Waals surface area contributed by atoms with Gasteiger partial charge in [0.15, 0.2) is 0 Å². The van der Waals surface area contributed by atoms with Crippen LogP contribution in [-0.2, 0) is 4.74 Å². The van der Waals surface area contributed by atoms with E-state index in [4.69, 9.17) is 4.74 Å². The molecule has 1 aliphatic heterocycles. The zero-order chi connectivity index (χ0) is 17.0. The lowest BCUT2D eigenvalue weighted by Gasteiger charge is -2.34. The van der Waals surface area contributed by atoms with Crippen molar-refractivity contribution in [3.8, 4) is 0 Å². The maximum Gasteiger partial charge on any atom is 0.410 e. The first-order chi connectivity index (χ1) is 10.8. The number of anilines is 1. The molecule has 1 fully saturated rings. The van der Waals surface area contributed by atoms with Crippen LogP contribution in [0.3, 0.4) is 0 Å². The second-order valence-corrected chi connectivity index (χ2v) is 6.56. The molecule has 0 unspecified atom stereocenters. The lowest BCUT2D eigenvalue weighted by Crippen LogP contribution is -2.47. The molecule has 8 nitrogen and oxygen atoms in total. The Morgan fingerprint density at radius 1 is 1.52 bits per heavy atom. The predicted octanol–water partition coefficient (Wildman–Crippen LogP) is 2.80. The summed E-state index contributed by atoms with van der Waals surface area (Å²) in [5.74, 6) is 0. The zero-order valence-electron chi connectivity index (χ0n) is 13.6. The number of nitrogens with zero attached hydrogens (tertiary/aromatic N) is 3. The molecule has 1 aromatic heterocycles. The molecule has 126 valence electrons. The molecule has 0 saturated carbocycles. The minimum absolute atomic E-state index is 0.0580. The van der Waals surface area contributed by atoms with Crippen molar-refractivity contribution in [2.75, 3.05) is 18.4 Å². The number of aromatic nitrogens is 1. The van der Waals surface area contributed by atoms with Crippen molar-refractivity contribution in [2.45, 2.75) is 45.3 Å². The molecule has 2 rings (SSSR count). The van der Waals surface area contributed by atoms with Gasteiger partial charge in [-0.05, 0) is 39.7 Å². The van der Waals surface area contributed by atoms with Crippen LogP contribution in [0, 0.1) is 10.1 Å². The number of carbonyl (C=O) groups is 1. The number of likely N-dealkylation sites (tertiary alicyclic amines) is 1. The summed E-state index contributed by atoms with van der Waals surface area (Å²) in [4.78, 5) is 28.1. The van der Waals surface area contributed by atoms with Gasteiger partial charge in [-0.1, -0.05) is 0 Å². The normalized spacial score (nSPS) is 18.4. The van der Waals surface area contributed by atoms with Crippen LogP contribution in [0.25, 0.3) is 0 Å². The smallest absolute Gasteiger partial charge is 0.410 e. The van der Waals surface area contributed by atoms with E-state index in [2.05, 4.69) is 10.3 Å². The van der Waals surface area contributed by atoms with Gasteiger partial charge in [0.1, 0.15) is 17.5 Å². The number of nitro groups is 1. The maximum atomic E-state index is 12.1. The number of hydrogen-bond acceptors (Lipinski definition) is 6. The Labute approximate surface area is 135 Å². The van der Waals surface area contributed by atoms with Gasteiger partial charge in [0.2, 0.25) is 0 Å². The summed E-state index contributed by atoms with van der Waals surface area (Å²) < 4.78 is 5.38. The van der Waals surface area contributed by atoms with Crippen LogP contribution in [0.1, 0.15) is 33.6 Å². The number of pyridine rings is 1. The van der Waals surface area contributed by atoms with Crippen LogP contribution < -0.4 is 5.32 Å². The van der Waals surface area contributed by atoms with Crippen molar-refractivity contribution in [2.24, 2.45) is 0 Å². The molecule has 1 atom stereocenters. The third-order valence-corrected chi connectivity index (χ3v) is 3.43. The minimum atomic E-state index is -0.540. The Morgan fingerprint density at radius 3 is 2.91 bits per heavy atom. The van der Waals surface area contributed by atoms with E-state index in [1.807, 2.05) is 20.8 Å². The summed E-state index contributed by atoms with van der Waals surface area (Å²) in [7, 11) is 0. The fraction of sp³-hybridized carbons (Fsp3) is 0.600. The van der Waals surface area contributed by atoms with E-state index in [9.17, 15) is 14.9 Å². The van der Waals surface area contributed by atoms with Crippen LogP contribution >= 0.6 is 0 Å². The van der Waals surface area contributed by atoms with Crippen molar-refractivity contribution in [1.82, 2.24) is 9.88 Å². The highest BCUT2D eigenvalue weighted by Crippen LogP contribution is 2.25. The first-order valence-electron chi connectivity index (χ1n) is 7.59. The lowest BCUT2D eigenvalue weighted by molar-refractivity contribution is -0.384. The van der Waals surface area contributed by atoms with E-state index in [-0.39, 0.29) is 17.8 Å². The molecule has 0 aliphatic carbocycles. The molecule has 0 bridgehead atoms. The summed E-state index contributed by atoms with van der Waals surface area (Å²) in [6, 6.07) is 1.52. The van der Waals surface area contributed by atoms with Gasteiger partial charge < -0.3 is 15.0 Å². The van der Waals surface area contributed by atoms with E-state index in [0.717, 1.165) is 12.8 Å². The Bertz CT molecular complexity index is 585. The summed E-state index contributed by atoms with van der Waals surface area (Å²) >= 11 is 0. The van der Waals surface area contributed by atoms with Gasteiger partial charge in [0, 0.05) is 25.3 Å². The van der Waals surface area contributed by atoms with Crippen molar-refractivity contribution < 1.29 is 14.5 Å².